The Morgan fingerprint density at radius 2 is 2.09 bits per heavy atom. The maximum Gasteiger partial charge on any atom is 0.255 e. The number of carbonyl (C=O) groups is 1. The van der Waals surface area contributed by atoms with E-state index in [2.05, 4.69) is 31.4 Å². The summed E-state index contributed by atoms with van der Waals surface area (Å²) in [4.78, 5) is 13.2. The second-order valence-electron chi connectivity index (χ2n) is 4.42. The minimum Gasteiger partial charge on any atom is -0.321 e. The number of hydrogen-bond acceptors (Lipinski definition) is 5. The van der Waals surface area contributed by atoms with E-state index in [0.717, 1.165) is 9.24 Å². The Hall–Kier alpha value is -1.77. The Labute approximate surface area is 148 Å². The van der Waals surface area contributed by atoms with Crippen LogP contribution in [0.25, 0.3) is 0 Å². The van der Waals surface area contributed by atoms with Crippen LogP contribution in [0.3, 0.4) is 0 Å². The lowest BCUT2D eigenvalue weighted by molar-refractivity contribution is 0.102. The number of benzene rings is 2. The van der Waals surface area contributed by atoms with Crippen molar-refractivity contribution >= 4 is 50.6 Å². The molecule has 0 bridgehead atoms. The van der Waals surface area contributed by atoms with Crippen LogP contribution in [-0.4, -0.2) is 16.1 Å². The van der Waals surface area contributed by atoms with Crippen LogP contribution < -0.4 is 5.32 Å². The van der Waals surface area contributed by atoms with Crippen molar-refractivity contribution in [1.29, 1.82) is 0 Å². The predicted molar refractivity (Wildman–Crippen MR) is 92.5 cm³/mol. The number of para-hydroxylation sites is 1. The van der Waals surface area contributed by atoms with E-state index in [1.54, 1.807) is 17.6 Å². The fourth-order valence-electron chi connectivity index (χ4n) is 1.84. The predicted octanol–water partition coefficient (Wildman–Crippen LogP) is 4.84. The molecular formula is C15H9BrFN3OS2. The van der Waals surface area contributed by atoms with Gasteiger partial charge in [0, 0.05) is 14.9 Å². The zero-order chi connectivity index (χ0) is 16.2. The van der Waals surface area contributed by atoms with Crippen LogP contribution >= 0.6 is 39.0 Å². The molecule has 1 N–H and O–H groups in total. The van der Waals surface area contributed by atoms with E-state index in [1.165, 1.54) is 35.2 Å². The number of nitrogens with zero attached hydrogens (tertiary/aromatic N) is 2. The maximum absolute atomic E-state index is 13.4. The lowest BCUT2D eigenvalue weighted by Gasteiger charge is -2.10. The Kier molecular flexibility index (Phi) is 5.04. The van der Waals surface area contributed by atoms with Crippen molar-refractivity contribution in [2.24, 2.45) is 0 Å². The highest BCUT2D eigenvalue weighted by atomic mass is 79.9. The van der Waals surface area contributed by atoms with Crippen LogP contribution in [-0.2, 0) is 0 Å². The van der Waals surface area contributed by atoms with Gasteiger partial charge in [-0.15, -0.1) is 10.2 Å². The van der Waals surface area contributed by atoms with Gasteiger partial charge in [0.2, 0.25) is 0 Å². The van der Waals surface area contributed by atoms with E-state index in [4.69, 9.17) is 0 Å². The molecule has 2 aromatic carbocycles. The van der Waals surface area contributed by atoms with Gasteiger partial charge in [-0.25, -0.2) is 4.39 Å². The molecule has 0 radical (unpaired) electrons. The fraction of sp³-hybridized carbons (Fsp3) is 0. The van der Waals surface area contributed by atoms with Crippen molar-refractivity contribution < 1.29 is 9.18 Å². The number of hydrogen-bond donors (Lipinski definition) is 1. The molecule has 116 valence electrons. The summed E-state index contributed by atoms with van der Waals surface area (Å²) in [6.07, 6.45) is 0. The van der Waals surface area contributed by atoms with Gasteiger partial charge in [-0.3, -0.25) is 4.79 Å². The largest absolute Gasteiger partial charge is 0.321 e. The summed E-state index contributed by atoms with van der Waals surface area (Å²) in [6.45, 7) is 0. The second-order valence-corrected chi connectivity index (χ2v) is 7.45. The van der Waals surface area contributed by atoms with Gasteiger partial charge >= 0.3 is 0 Å². The molecule has 0 aliphatic carbocycles. The number of nitrogens with one attached hydrogen (secondary N) is 1. The molecule has 1 heterocycles. The zero-order valence-corrected chi connectivity index (χ0v) is 14.7. The van der Waals surface area contributed by atoms with Gasteiger partial charge in [-0.2, -0.15) is 0 Å². The number of rotatable bonds is 4. The normalized spacial score (nSPS) is 10.5. The number of aromatic nitrogens is 2. The highest BCUT2D eigenvalue weighted by Gasteiger charge is 2.12. The molecule has 0 aliphatic heterocycles. The van der Waals surface area contributed by atoms with Crippen LogP contribution in [0.4, 0.5) is 10.1 Å². The Morgan fingerprint density at radius 1 is 1.26 bits per heavy atom. The lowest BCUT2D eigenvalue weighted by atomic mass is 10.2. The van der Waals surface area contributed by atoms with E-state index in [-0.39, 0.29) is 11.5 Å². The summed E-state index contributed by atoms with van der Waals surface area (Å²) in [5.41, 5.74) is 2.53. The molecule has 0 aliphatic rings. The van der Waals surface area contributed by atoms with Crippen LogP contribution in [0.1, 0.15) is 10.4 Å². The van der Waals surface area contributed by atoms with E-state index < -0.39 is 5.82 Å². The number of carbonyl (C=O) groups excluding carboxylic acids is 1. The zero-order valence-electron chi connectivity index (χ0n) is 11.5. The highest BCUT2D eigenvalue weighted by molar-refractivity contribution is 9.10. The van der Waals surface area contributed by atoms with Crippen LogP contribution in [0.2, 0.25) is 0 Å². The summed E-state index contributed by atoms with van der Waals surface area (Å²) in [6, 6.07) is 11.4. The third-order valence-electron chi connectivity index (χ3n) is 2.80. The van der Waals surface area contributed by atoms with Gasteiger partial charge in [0.25, 0.3) is 5.91 Å². The Morgan fingerprint density at radius 3 is 2.83 bits per heavy atom. The van der Waals surface area contributed by atoms with Crippen molar-refractivity contribution in [3.05, 3.63) is 63.8 Å². The quantitative estimate of drug-likeness (QED) is 0.669. The molecule has 3 aromatic rings. The van der Waals surface area contributed by atoms with E-state index >= 15 is 0 Å². The minimum absolute atomic E-state index is 0.243. The van der Waals surface area contributed by atoms with Gasteiger partial charge in [0.1, 0.15) is 11.3 Å². The van der Waals surface area contributed by atoms with Crippen molar-refractivity contribution in [1.82, 2.24) is 10.2 Å². The van der Waals surface area contributed by atoms with Crippen LogP contribution in [0, 0.1) is 5.82 Å². The first-order chi connectivity index (χ1) is 11.1. The third-order valence-corrected chi connectivity index (χ3v) is 5.11. The minimum atomic E-state index is -0.471. The van der Waals surface area contributed by atoms with Gasteiger partial charge in [-0.05, 0) is 30.3 Å². The maximum atomic E-state index is 13.4. The average Bonchev–Trinajstić information content (AvgIpc) is 3.01. The topological polar surface area (TPSA) is 54.9 Å². The molecule has 1 amide bonds. The fourth-order valence-corrected chi connectivity index (χ4v) is 3.83. The monoisotopic (exact) mass is 409 g/mol. The highest BCUT2D eigenvalue weighted by Crippen LogP contribution is 2.34. The van der Waals surface area contributed by atoms with Crippen LogP contribution in [0.5, 0.6) is 0 Å². The molecule has 0 saturated carbocycles. The summed E-state index contributed by atoms with van der Waals surface area (Å²) in [5, 5.41) is 10.6. The summed E-state index contributed by atoms with van der Waals surface area (Å²) < 4.78 is 14.7. The number of anilines is 1. The Balaban J connectivity index is 1.83. The molecule has 0 saturated heterocycles. The summed E-state index contributed by atoms with van der Waals surface area (Å²) in [5.74, 6) is -0.850. The van der Waals surface area contributed by atoms with Crippen molar-refractivity contribution in [2.45, 2.75) is 9.24 Å². The first-order valence-corrected chi connectivity index (χ1v) is 8.91. The SMILES string of the molecule is O=C(Nc1ccccc1Sc1nncs1)c1cc(F)cc(Br)c1. The molecule has 0 spiro atoms. The molecule has 8 heteroatoms. The van der Waals surface area contributed by atoms with Crippen molar-refractivity contribution in [3.8, 4) is 0 Å². The lowest BCUT2D eigenvalue weighted by Crippen LogP contribution is -2.12. The first-order valence-electron chi connectivity index (χ1n) is 6.42. The molecule has 3 rings (SSSR count). The summed E-state index contributed by atoms with van der Waals surface area (Å²) in [7, 11) is 0. The average molecular weight is 410 g/mol. The molecule has 0 fully saturated rings. The third kappa shape index (κ3) is 4.15. The molecule has 4 nitrogen and oxygen atoms in total. The van der Waals surface area contributed by atoms with E-state index in [0.29, 0.717) is 10.2 Å². The Bertz CT molecular complexity index is 822. The van der Waals surface area contributed by atoms with E-state index in [1.807, 2.05) is 18.2 Å². The molecule has 0 unspecified atom stereocenters. The van der Waals surface area contributed by atoms with Gasteiger partial charge in [-0.1, -0.05) is 51.2 Å². The number of amides is 1. The van der Waals surface area contributed by atoms with E-state index in [9.17, 15) is 9.18 Å². The molecular weight excluding hydrogens is 401 g/mol. The summed E-state index contributed by atoms with van der Waals surface area (Å²) >= 11 is 6.01. The van der Waals surface area contributed by atoms with Crippen molar-refractivity contribution in [3.63, 3.8) is 0 Å². The van der Waals surface area contributed by atoms with Crippen molar-refractivity contribution in [2.75, 3.05) is 5.32 Å². The second kappa shape index (κ2) is 7.20. The van der Waals surface area contributed by atoms with Gasteiger partial charge in [0.05, 0.1) is 5.69 Å². The number of halogens is 2. The molecule has 23 heavy (non-hydrogen) atoms. The van der Waals surface area contributed by atoms with Gasteiger partial charge < -0.3 is 5.32 Å². The standard InChI is InChI=1S/C15H9BrFN3OS2/c16-10-5-9(6-11(17)7-10)14(21)19-12-3-1-2-4-13(12)23-15-20-18-8-22-15/h1-8H,(H,19,21). The smallest absolute Gasteiger partial charge is 0.255 e. The first kappa shape index (κ1) is 16.1. The van der Waals surface area contributed by atoms with Gasteiger partial charge in [0.15, 0.2) is 4.34 Å². The molecule has 1 aromatic heterocycles. The van der Waals surface area contributed by atoms with Crippen LogP contribution in [0.15, 0.2) is 61.7 Å². The molecule has 0 atom stereocenters.